The van der Waals surface area contributed by atoms with Gasteiger partial charge in [0.25, 0.3) is 0 Å². The van der Waals surface area contributed by atoms with Crippen molar-refractivity contribution in [1.82, 2.24) is 10.2 Å². The second-order valence-corrected chi connectivity index (χ2v) is 5.87. The van der Waals surface area contributed by atoms with Gasteiger partial charge in [-0.25, -0.2) is 0 Å². The van der Waals surface area contributed by atoms with E-state index in [1.165, 1.54) is 4.90 Å². The fourth-order valence-electron chi connectivity index (χ4n) is 3.42. The third-order valence-corrected chi connectivity index (χ3v) is 4.41. The molecule has 4 nitrogen and oxygen atoms in total. The SMILES string of the molecule is CCCNC(CCC)CN1C(=O)C2CCCC2C1=O. The summed E-state index contributed by atoms with van der Waals surface area (Å²) in [6.45, 7) is 5.79. The van der Waals surface area contributed by atoms with Crippen LogP contribution in [0, 0.1) is 11.8 Å². The molecule has 2 amide bonds. The Labute approximate surface area is 115 Å². The highest BCUT2D eigenvalue weighted by Crippen LogP contribution is 2.39. The number of carbonyl (C=O) groups excluding carboxylic acids is 2. The van der Waals surface area contributed by atoms with E-state index in [9.17, 15) is 9.59 Å². The second kappa shape index (κ2) is 6.51. The van der Waals surface area contributed by atoms with Crippen LogP contribution in [-0.2, 0) is 9.59 Å². The third kappa shape index (κ3) is 2.99. The lowest BCUT2D eigenvalue weighted by atomic mass is 10.00. The summed E-state index contributed by atoms with van der Waals surface area (Å²) in [6.07, 6.45) is 6.02. The molecule has 1 aliphatic heterocycles. The maximum atomic E-state index is 12.3. The van der Waals surface area contributed by atoms with Gasteiger partial charge in [-0.15, -0.1) is 0 Å². The molecule has 0 aromatic rings. The molecule has 3 atom stereocenters. The molecular formula is C15H26N2O2. The van der Waals surface area contributed by atoms with Crippen LogP contribution in [0.1, 0.15) is 52.4 Å². The lowest BCUT2D eigenvalue weighted by Gasteiger charge is -2.24. The van der Waals surface area contributed by atoms with Crippen LogP contribution in [0.15, 0.2) is 0 Å². The summed E-state index contributed by atoms with van der Waals surface area (Å²) in [4.78, 5) is 26.1. The van der Waals surface area contributed by atoms with E-state index in [2.05, 4.69) is 19.2 Å². The van der Waals surface area contributed by atoms with Crippen LogP contribution in [0.2, 0.25) is 0 Å². The summed E-state index contributed by atoms with van der Waals surface area (Å²) >= 11 is 0. The zero-order chi connectivity index (χ0) is 13.8. The quantitative estimate of drug-likeness (QED) is 0.716. The summed E-state index contributed by atoms with van der Waals surface area (Å²) < 4.78 is 0. The summed E-state index contributed by atoms with van der Waals surface area (Å²) in [5.74, 6) is 0.181. The second-order valence-electron chi connectivity index (χ2n) is 5.87. The number of rotatable bonds is 7. The average molecular weight is 266 g/mol. The summed E-state index contributed by atoms with van der Waals surface area (Å²) in [7, 11) is 0. The van der Waals surface area contributed by atoms with Crippen molar-refractivity contribution < 1.29 is 9.59 Å². The van der Waals surface area contributed by atoms with Gasteiger partial charge in [-0.3, -0.25) is 14.5 Å². The van der Waals surface area contributed by atoms with Crippen molar-refractivity contribution >= 4 is 11.8 Å². The van der Waals surface area contributed by atoms with Crippen LogP contribution in [0.25, 0.3) is 0 Å². The number of hydrogen-bond acceptors (Lipinski definition) is 3. The summed E-state index contributed by atoms with van der Waals surface area (Å²) in [5.41, 5.74) is 0. The Balaban J connectivity index is 1.96. The molecule has 108 valence electrons. The van der Waals surface area contributed by atoms with Crippen LogP contribution in [0.3, 0.4) is 0 Å². The first-order chi connectivity index (χ1) is 9.19. The van der Waals surface area contributed by atoms with Crippen molar-refractivity contribution in [3.05, 3.63) is 0 Å². The van der Waals surface area contributed by atoms with Gasteiger partial charge >= 0.3 is 0 Å². The minimum atomic E-state index is 0.000881. The van der Waals surface area contributed by atoms with E-state index in [1.807, 2.05) is 0 Å². The van der Waals surface area contributed by atoms with Crippen molar-refractivity contribution in [3.8, 4) is 0 Å². The molecule has 0 radical (unpaired) electrons. The van der Waals surface area contributed by atoms with Gasteiger partial charge < -0.3 is 5.32 Å². The van der Waals surface area contributed by atoms with Crippen molar-refractivity contribution in [3.63, 3.8) is 0 Å². The number of imide groups is 1. The van der Waals surface area contributed by atoms with Gasteiger partial charge in [-0.2, -0.15) is 0 Å². The molecule has 4 heteroatoms. The Morgan fingerprint density at radius 3 is 2.32 bits per heavy atom. The van der Waals surface area contributed by atoms with Gasteiger partial charge in [-0.1, -0.05) is 26.7 Å². The van der Waals surface area contributed by atoms with Crippen molar-refractivity contribution in [2.24, 2.45) is 11.8 Å². The summed E-state index contributed by atoms with van der Waals surface area (Å²) in [5, 5.41) is 3.46. The Morgan fingerprint density at radius 2 is 1.79 bits per heavy atom. The predicted molar refractivity (Wildman–Crippen MR) is 74.5 cm³/mol. The number of nitrogens with one attached hydrogen (secondary N) is 1. The molecular weight excluding hydrogens is 240 g/mol. The number of amides is 2. The van der Waals surface area contributed by atoms with Gasteiger partial charge in [-0.05, 0) is 32.2 Å². The molecule has 1 heterocycles. The Hall–Kier alpha value is -0.900. The van der Waals surface area contributed by atoms with E-state index < -0.39 is 0 Å². The molecule has 2 fully saturated rings. The van der Waals surface area contributed by atoms with Crippen molar-refractivity contribution in [2.45, 2.75) is 58.4 Å². The van der Waals surface area contributed by atoms with Crippen LogP contribution < -0.4 is 5.32 Å². The van der Waals surface area contributed by atoms with E-state index in [0.29, 0.717) is 6.54 Å². The van der Waals surface area contributed by atoms with Gasteiger partial charge in [0.1, 0.15) is 0 Å². The first-order valence-electron chi connectivity index (χ1n) is 7.77. The normalized spacial score (nSPS) is 28.0. The molecule has 2 rings (SSSR count). The van der Waals surface area contributed by atoms with E-state index in [-0.39, 0.29) is 29.7 Å². The minimum Gasteiger partial charge on any atom is -0.312 e. The Kier molecular flexibility index (Phi) is 4.97. The molecule has 0 aromatic carbocycles. The molecule has 1 N–H and O–H groups in total. The van der Waals surface area contributed by atoms with Crippen LogP contribution in [0.5, 0.6) is 0 Å². The number of fused-ring (bicyclic) bond motifs is 1. The number of likely N-dealkylation sites (tertiary alicyclic amines) is 1. The third-order valence-electron chi connectivity index (χ3n) is 4.41. The van der Waals surface area contributed by atoms with Crippen molar-refractivity contribution in [1.29, 1.82) is 0 Å². The number of hydrogen-bond donors (Lipinski definition) is 1. The Bertz CT molecular complexity index is 321. The maximum absolute atomic E-state index is 12.3. The molecule has 3 unspecified atom stereocenters. The fraction of sp³-hybridized carbons (Fsp3) is 0.867. The predicted octanol–water partition coefficient (Wildman–Crippen LogP) is 1.94. The van der Waals surface area contributed by atoms with Crippen LogP contribution in [0.4, 0.5) is 0 Å². The van der Waals surface area contributed by atoms with Crippen LogP contribution in [-0.4, -0.2) is 35.8 Å². The van der Waals surface area contributed by atoms with Crippen LogP contribution >= 0.6 is 0 Å². The van der Waals surface area contributed by atoms with Gasteiger partial charge in [0.2, 0.25) is 11.8 Å². The average Bonchev–Trinajstić information content (AvgIpc) is 2.96. The van der Waals surface area contributed by atoms with Gasteiger partial charge in [0.05, 0.1) is 11.8 Å². The molecule has 2 aliphatic rings. The maximum Gasteiger partial charge on any atom is 0.233 e. The topological polar surface area (TPSA) is 49.4 Å². The smallest absolute Gasteiger partial charge is 0.233 e. The van der Waals surface area contributed by atoms with Gasteiger partial charge in [0, 0.05) is 12.6 Å². The molecule has 19 heavy (non-hydrogen) atoms. The van der Waals surface area contributed by atoms with E-state index in [4.69, 9.17) is 0 Å². The minimum absolute atomic E-state index is 0.000881. The summed E-state index contributed by atoms with van der Waals surface area (Å²) in [6, 6.07) is 0.261. The van der Waals surface area contributed by atoms with E-state index in [0.717, 1.165) is 45.1 Å². The zero-order valence-electron chi connectivity index (χ0n) is 12.2. The largest absolute Gasteiger partial charge is 0.312 e. The fourth-order valence-corrected chi connectivity index (χ4v) is 3.42. The molecule has 0 bridgehead atoms. The first-order valence-corrected chi connectivity index (χ1v) is 7.77. The standard InChI is InChI=1S/C15H26N2O2/c1-3-6-11(16-9-4-2)10-17-14(18)12-7-5-8-13(12)15(17)19/h11-13,16H,3-10H2,1-2H3. The van der Waals surface area contributed by atoms with Crippen molar-refractivity contribution in [2.75, 3.05) is 13.1 Å². The zero-order valence-corrected chi connectivity index (χ0v) is 12.2. The molecule has 1 aliphatic carbocycles. The number of nitrogens with zero attached hydrogens (tertiary/aromatic N) is 1. The highest BCUT2D eigenvalue weighted by atomic mass is 16.2. The molecule has 1 saturated heterocycles. The highest BCUT2D eigenvalue weighted by molar-refractivity contribution is 6.05. The highest BCUT2D eigenvalue weighted by Gasteiger charge is 2.49. The number of carbonyl (C=O) groups is 2. The lowest BCUT2D eigenvalue weighted by molar-refractivity contribution is -0.140. The Morgan fingerprint density at radius 1 is 1.16 bits per heavy atom. The molecule has 0 aromatic heterocycles. The van der Waals surface area contributed by atoms with E-state index >= 15 is 0 Å². The van der Waals surface area contributed by atoms with E-state index in [1.54, 1.807) is 0 Å². The monoisotopic (exact) mass is 266 g/mol. The molecule has 0 spiro atoms. The lowest BCUT2D eigenvalue weighted by Crippen LogP contribution is -2.44. The van der Waals surface area contributed by atoms with Gasteiger partial charge in [0.15, 0.2) is 0 Å². The first kappa shape index (κ1) is 14.5. The molecule has 1 saturated carbocycles.